The molecule has 3 rings (SSSR count). The molecule has 2 heterocycles. The molecule has 1 aromatic rings. The van der Waals surface area contributed by atoms with Gasteiger partial charge in [0.1, 0.15) is 13.2 Å². The van der Waals surface area contributed by atoms with E-state index >= 15 is 0 Å². The molecule has 2 aliphatic heterocycles. The Kier molecular flexibility index (Phi) is 5.46. The Morgan fingerprint density at radius 1 is 1.23 bits per heavy atom. The Labute approximate surface area is 151 Å². The molecular weight excluding hydrogens is 362 g/mol. The van der Waals surface area contributed by atoms with E-state index in [4.69, 9.17) is 14.2 Å². The zero-order valence-electron chi connectivity index (χ0n) is 14.0. The number of fused-ring (bicyclic) bond motifs is 1. The van der Waals surface area contributed by atoms with Crippen LogP contribution in [0.5, 0.6) is 11.5 Å². The lowest BCUT2D eigenvalue weighted by Crippen LogP contribution is -2.38. The summed E-state index contributed by atoms with van der Waals surface area (Å²) in [6.07, 6.45) is 3.13. The van der Waals surface area contributed by atoms with Crippen molar-refractivity contribution >= 4 is 27.8 Å². The second-order valence-corrected chi connectivity index (χ2v) is 8.24. The average molecular weight is 381 g/mol. The molecule has 8 nitrogen and oxygen atoms in total. The zero-order chi connectivity index (χ0) is 18.6. The molecule has 0 aromatic heterocycles. The number of hydrogen-bond acceptors (Lipinski definition) is 7. The number of rotatable bonds is 5. The van der Waals surface area contributed by atoms with Gasteiger partial charge in [-0.1, -0.05) is 6.07 Å². The first-order valence-corrected chi connectivity index (χ1v) is 9.98. The molecule has 0 spiro atoms. The van der Waals surface area contributed by atoms with E-state index in [1.54, 1.807) is 24.3 Å². The summed E-state index contributed by atoms with van der Waals surface area (Å²) in [6, 6.07) is 4.85. The predicted molar refractivity (Wildman–Crippen MR) is 92.6 cm³/mol. The molecule has 1 atom stereocenters. The second kappa shape index (κ2) is 7.77. The number of benzene rings is 1. The van der Waals surface area contributed by atoms with Gasteiger partial charge < -0.3 is 19.5 Å². The van der Waals surface area contributed by atoms with Gasteiger partial charge in [0.05, 0.1) is 11.5 Å². The van der Waals surface area contributed by atoms with Gasteiger partial charge in [0, 0.05) is 12.1 Å². The zero-order valence-corrected chi connectivity index (χ0v) is 14.8. The SMILES string of the molecule is O=C(COC(=O)/C=C/c1ccc2c(c1)OCCO2)NC1CCS(=O)(=O)C1. The van der Waals surface area contributed by atoms with Gasteiger partial charge in [-0.3, -0.25) is 4.79 Å². The van der Waals surface area contributed by atoms with Crippen molar-refractivity contribution in [2.75, 3.05) is 31.3 Å². The van der Waals surface area contributed by atoms with Gasteiger partial charge in [-0.25, -0.2) is 13.2 Å². The molecule has 140 valence electrons. The van der Waals surface area contributed by atoms with E-state index in [-0.39, 0.29) is 11.5 Å². The molecular formula is C17H19NO7S. The molecule has 1 aromatic carbocycles. The second-order valence-electron chi connectivity index (χ2n) is 6.01. The van der Waals surface area contributed by atoms with Crippen LogP contribution in [0.1, 0.15) is 12.0 Å². The number of hydrogen-bond donors (Lipinski definition) is 1. The van der Waals surface area contributed by atoms with E-state index < -0.39 is 34.4 Å². The van der Waals surface area contributed by atoms with Gasteiger partial charge in [-0.15, -0.1) is 0 Å². The van der Waals surface area contributed by atoms with E-state index in [1.165, 1.54) is 6.08 Å². The highest BCUT2D eigenvalue weighted by molar-refractivity contribution is 7.91. The minimum atomic E-state index is -3.07. The highest BCUT2D eigenvalue weighted by atomic mass is 32.2. The van der Waals surface area contributed by atoms with Crippen molar-refractivity contribution in [2.24, 2.45) is 0 Å². The topological polar surface area (TPSA) is 108 Å². The lowest BCUT2D eigenvalue weighted by molar-refractivity contribution is -0.143. The number of carbonyl (C=O) groups excluding carboxylic acids is 2. The number of nitrogens with one attached hydrogen (secondary N) is 1. The van der Waals surface area contributed by atoms with Crippen molar-refractivity contribution in [3.05, 3.63) is 29.8 Å². The van der Waals surface area contributed by atoms with E-state index in [0.717, 1.165) is 5.56 Å². The summed E-state index contributed by atoms with van der Waals surface area (Å²) in [7, 11) is -3.07. The summed E-state index contributed by atoms with van der Waals surface area (Å²) in [4.78, 5) is 23.4. The minimum absolute atomic E-state index is 0.0655. The van der Waals surface area contributed by atoms with Crippen molar-refractivity contribution < 1.29 is 32.2 Å². The highest BCUT2D eigenvalue weighted by Crippen LogP contribution is 2.31. The van der Waals surface area contributed by atoms with Crippen LogP contribution < -0.4 is 14.8 Å². The monoisotopic (exact) mass is 381 g/mol. The van der Waals surface area contributed by atoms with Crippen LogP contribution in [-0.4, -0.2) is 57.7 Å². The molecule has 1 amide bonds. The van der Waals surface area contributed by atoms with Gasteiger partial charge in [-0.05, 0) is 30.2 Å². The lowest BCUT2D eigenvalue weighted by atomic mass is 10.2. The summed E-state index contributed by atoms with van der Waals surface area (Å²) in [5, 5.41) is 2.55. The molecule has 0 saturated carbocycles. The van der Waals surface area contributed by atoms with Crippen LogP contribution in [0.15, 0.2) is 24.3 Å². The molecule has 1 N–H and O–H groups in total. The standard InChI is InChI=1S/C17H19NO7S/c19-16(18-13-5-8-26(21,22)11-13)10-25-17(20)4-2-12-1-3-14-15(9-12)24-7-6-23-14/h1-4,9,13H,5-8,10-11H2,(H,18,19)/b4-2+. The van der Waals surface area contributed by atoms with Crippen molar-refractivity contribution in [1.82, 2.24) is 5.32 Å². The maximum absolute atomic E-state index is 11.7. The average Bonchev–Trinajstić information content (AvgIpc) is 2.96. The Bertz CT molecular complexity index is 832. The smallest absolute Gasteiger partial charge is 0.331 e. The van der Waals surface area contributed by atoms with Crippen LogP contribution in [0.25, 0.3) is 6.08 Å². The summed E-state index contributed by atoms with van der Waals surface area (Å²) in [5.41, 5.74) is 0.729. The summed E-state index contributed by atoms with van der Waals surface area (Å²) in [5.74, 6) is 0.0636. The summed E-state index contributed by atoms with van der Waals surface area (Å²) >= 11 is 0. The fourth-order valence-corrected chi connectivity index (χ4v) is 4.36. The molecule has 0 aliphatic carbocycles. The number of amides is 1. The van der Waals surface area contributed by atoms with Crippen LogP contribution >= 0.6 is 0 Å². The first kappa shape index (κ1) is 18.2. The van der Waals surface area contributed by atoms with Crippen molar-refractivity contribution in [1.29, 1.82) is 0 Å². The first-order valence-electron chi connectivity index (χ1n) is 8.15. The maximum atomic E-state index is 11.7. The summed E-state index contributed by atoms with van der Waals surface area (Å²) in [6.45, 7) is 0.518. The van der Waals surface area contributed by atoms with Crippen molar-refractivity contribution in [2.45, 2.75) is 12.5 Å². The van der Waals surface area contributed by atoms with Crippen LogP contribution in [0.2, 0.25) is 0 Å². The molecule has 26 heavy (non-hydrogen) atoms. The van der Waals surface area contributed by atoms with Crippen molar-refractivity contribution in [3.8, 4) is 11.5 Å². The number of ether oxygens (including phenoxy) is 3. The van der Waals surface area contributed by atoms with Crippen LogP contribution in [0.3, 0.4) is 0 Å². The fourth-order valence-electron chi connectivity index (χ4n) is 2.69. The molecule has 2 aliphatic rings. The maximum Gasteiger partial charge on any atom is 0.331 e. The fraction of sp³-hybridized carbons (Fsp3) is 0.412. The normalized spacial score (nSPS) is 20.7. The molecule has 0 radical (unpaired) electrons. The molecule has 0 bridgehead atoms. The van der Waals surface area contributed by atoms with E-state index in [2.05, 4.69) is 5.32 Å². The quantitative estimate of drug-likeness (QED) is 0.578. The van der Waals surface area contributed by atoms with Gasteiger partial charge in [0.25, 0.3) is 5.91 Å². The Morgan fingerprint density at radius 2 is 2.00 bits per heavy atom. The lowest BCUT2D eigenvalue weighted by Gasteiger charge is -2.18. The van der Waals surface area contributed by atoms with Gasteiger partial charge in [-0.2, -0.15) is 0 Å². The highest BCUT2D eigenvalue weighted by Gasteiger charge is 2.28. The molecule has 9 heteroatoms. The van der Waals surface area contributed by atoms with E-state index in [0.29, 0.717) is 31.1 Å². The third-order valence-corrected chi connectivity index (χ3v) is 5.69. The van der Waals surface area contributed by atoms with Crippen LogP contribution in [0.4, 0.5) is 0 Å². The Balaban J connectivity index is 1.45. The third-order valence-electron chi connectivity index (χ3n) is 3.92. The van der Waals surface area contributed by atoms with Crippen LogP contribution in [0, 0.1) is 0 Å². The Hall–Kier alpha value is -2.55. The molecule has 1 unspecified atom stereocenters. The van der Waals surface area contributed by atoms with Crippen molar-refractivity contribution in [3.63, 3.8) is 0 Å². The van der Waals surface area contributed by atoms with Crippen LogP contribution in [-0.2, 0) is 24.2 Å². The summed E-state index contributed by atoms with van der Waals surface area (Å²) < 4.78 is 38.4. The Morgan fingerprint density at radius 3 is 2.73 bits per heavy atom. The largest absolute Gasteiger partial charge is 0.486 e. The number of sulfone groups is 1. The van der Waals surface area contributed by atoms with Gasteiger partial charge in [0.2, 0.25) is 0 Å². The minimum Gasteiger partial charge on any atom is -0.486 e. The molecule has 1 saturated heterocycles. The first-order chi connectivity index (χ1) is 12.4. The van der Waals surface area contributed by atoms with E-state index in [9.17, 15) is 18.0 Å². The van der Waals surface area contributed by atoms with Gasteiger partial charge in [0.15, 0.2) is 27.9 Å². The third kappa shape index (κ3) is 4.98. The van der Waals surface area contributed by atoms with E-state index in [1.807, 2.05) is 0 Å². The predicted octanol–water partition coefficient (Wildman–Crippen LogP) is 0.317. The molecule has 1 fully saturated rings. The van der Waals surface area contributed by atoms with Gasteiger partial charge >= 0.3 is 5.97 Å². The number of carbonyl (C=O) groups is 2. The number of esters is 1.